The Balaban J connectivity index is 2.73. The summed E-state index contributed by atoms with van der Waals surface area (Å²) in [4.78, 5) is 3.67. The Bertz CT molecular complexity index is 293. The number of pyridine rings is 1. The Kier molecular flexibility index (Phi) is 3.63. The van der Waals surface area contributed by atoms with E-state index in [1.54, 1.807) is 0 Å². The van der Waals surface area contributed by atoms with E-state index in [4.69, 9.17) is 16.7 Å². The highest BCUT2D eigenvalue weighted by Gasteiger charge is 2.05. The molecule has 1 atom stereocenters. The van der Waals surface area contributed by atoms with E-state index in [2.05, 4.69) is 4.98 Å². The van der Waals surface area contributed by atoms with Gasteiger partial charge in [0.2, 0.25) is 0 Å². The van der Waals surface area contributed by atoms with Crippen LogP contribution in [0.25, 0.3) is 0 Å². The van der Waals surface area contributed by atoms with Crippen LogP contribution in [0.4, 0.5) is 4.39 Å². The minimum absolute atomic E-state index is 0.0875. The second-order valence-electron chi connectivity index (χ2n) is 3.11. The van der Waals surface area contributed by atoms with Gasteiger partial charge in [-0.25, -0.2) is 9.37 Å². The standard InChI is InChI=1S/C9H11ClFNO/c1-6(5-13)2-7-3-8(11)9(10)12-4-7/h3-4,6,13H,2,5H2,1H3/t6-/m1/s1. The molecule has 13 heavy (non-hydrogen) atoms. The monoisotopic (exact) mass is 203 g/mol. The smallest absolute Gasteiger partial charge is 0.164 e. The normalized spacial score (nSPS) is 12.9. The van der Waals surface area contributed by atoms with Crippen molar-refractivity contribution in [2.24, 2.45) is 5.92 Å². The molecule has 1 aromatic heterocycles. The Labute approximate surface area is 81.4 Å². The molecule has 0 unspecified atom stereocenters. The molecule has 1 heterocycles. The van der Waals surface area contributed by atoms with Crippen molar-refractivity contribution in [1.29, 1.82) is 0 Å². The minimum atomic E-state index is -0.510. The number of nitrogens with zero attached hydrogens (tertiary/aromatic N) is 1. The van der Waals surface area contributed by atoms with Crippen molar-refractivity contribution in [2.75, 3.05) is 6.61 Å². The molecular formula is C9H11ClFNO. The summed E-state index contributed by atoms with van der Waals surface area (Å²) < 4.78 is 12.9. The molecule has 1 rings (SSSR count). The average Bonchev–Trinajstić information content (AvgIpc) is 2.11. The van der Waals surface area contributed by atoms with Gasteiger partial charge in [0.15, 0.2) is 11.0 Å². The Hall–Kier alpha value is -0.670. The molecule has 0 fully saturated rings. The van der Waals surface area contributed by atoms with Crippen LogP contribution in [-0.4, -0.2) is 16.7 Å². The lowest BCUT2D eigenvalue weighted by Crippen LogP contribution is -2.05. The van der Waals surface area contributed by atoms with Gasteiger partial charge in [0.05, 0.1) is 0 Å². The highest BCUT2D eigenvalue weighted by molar-refractivity contribution is 6.29. The summed E-state index contributed by atoms with van der Waals surface area (Å²) in [7, 11) is 0. The zero-order valence-corrected chi connectivity index (χ0v) is 8.05. The lowest BCUT2D eigenvalue weighted by atomic mass is 10.0. The van der Waals surface area contributed by atoms with Gasteiger partial charge in [0.25, 0.3) is 0 Å². The highest BCUT2D eigenvalue weighted by Crippen LogP contribution is 2.14. The van der Waals surface area contributed by atoms with Crippen molar-refractivity contribution >= 4 is 11.6 Å². The van der Waals surface area contributed by atoms with Gasteiger partial charge < -0.3 is 5.11 Å². The van der Waals surface area contributed by atoms with Gasteiger partial charge in [0.1, 0.15) is 0 Å². The fraction of sp³-hybridized carbons (Fsp3) is 0.444. The molecule has 1 aromatic rings. The Morgan fingerprint density at radius 3 is 2.92 bits per heavy atom. The molecule has 0 spiro atoms. The van der Waals surface area contributed by atoms with Gasteiger partial charge >= 0.3 is 0 Å². The van der Waals surface area contributed by atoms with Crippen LogP contribution in [-0.2, 0) is 6.42 Å². The lowest BCUT2D eigenvalue weighted by Gasteiger charge is -2.07. The number of hydrogen-bond acceptors (Lipinski definition) is 2. The fourth-order valence-electron chi connectivity index (χ4n) is 1.04. The molecule has 0 saturated heterocycles. The average molecular weight is 204 g/mol. The highest BCUT2D eigenvalue weighted by atomic mass is 35.5. The second-order valence-corrected chi connectivity index (χ2v) is 3.47. The maximum atomic E-state index is 12.9. The van der Waals surface area contributed by atoms with Crippen molar-refractivity contribution in [3.63, 3.8) is 0 Å². The molecule has 72 valence electrons. The van der Waals surface area contributed by atoms with Crippen LogP contribution >= 0.6 is 11.6 Å². The van der Waals surface area contributed by atoms with Crippen LogP contribution in [0.15, 0.2) is 12.3 Å². The summed E-state index contributed by atoms with van der Waals surface area (Å²) in [5.74, 6) is -0.397. The first-order chi connectivity index (χ1) is 6.13. The first-order valence-electron chi connectivity index (χ1n) is 4.04. The Morgan fingerprint density at radius 2 is 2.38 bits per heavy atom. The third-order valence-corrected chi connectivity index (χ3v) is 2.03. The molecule has 0 saturated carbocycles. The third kappa shape index (κ3) is 2.94. The van der Waals surface area contributed by atoms with Gasteiger partial charge in [0, 0.05) is 12.8 Å². The first-order valence-corrected chi connectivity index (χ1v) is 4.42. The third-order valence-electron chi connectivity index (χ3n) is 1.75. The molecule has 2 nitrogen and oxygen atoms in total. The van der Waals surface area contributed by atoms with E-state index in [1.165, 1.54) is 12.3 Å². The minimum Gasteiger partial charge on any atom is -0.396 e. The molecule has 0 aliphatic carbocycles. The molecule has 0 aromatic carbocycles. The summed E-state index contributed by atoms with van der Waals surface area (Å²) >= 11 is 5.42. The molecule has 4 heteroatoms. The van der Waals surface area contributed by atoms with Gasteiger partial charge in [-0.2, -0.15) is 0 Å². The summed E-state index contributed by atoms with van der Waals surface area (Å²) in [5, 5.41) is 8.67. The number of rotatable bonds is 3. The predicted octanol–water partition coefficient (Wildman–Crippen LogP) is 2.04. The van der Waals surface area contributed by atoms with E-state index in [9.17, 15) is 4.39 Å². The number of aliphatic hydroxyl groups excluding tert-OH is 1. The van der Waals surface area contributed by atoms with Crippen LogP contribution in [0.2, 0.25) is 5.15 Å². The predicted molar refractivity (Wildman–Crippen MR) is 49.2 cm³/mol. The molecule has 0 amide bonds. The maximum Gasteiger partial charge on any atom is 0.164 e. The maximum absolute atomic E-state index is 12.9. The van der Waals surface area contributed by atoms with E-state index < -0.39 is 5.82 Å². The van der Waals surface area contributed by atoms with Crippen LogP contribution in [0, 0.1) is 11.7 Å². The van der Waals surface area contributed by atoms with E-state index in [1.807, 2.05) is 6.92 Å². The number of halogens is 2. The largest absolute Gasteiger partial charge is 0.396 e. The van der Waals surface area contributed by atoms with Gasteiger partial charge in [-0.05, 0) is 24.0 Å². The van der Waals surface area contributed by atoms with E-state index in [0.717, 1.165) is 5.56 Å². The molecule has 0 aliphatic heterocycles. The van der Waals surface area contributed by atoms with Crippen molar-refractivity contribution < 1.29 is 9.50 Å². The van der Waals surface area contributed by atoms with E-state index in [-0.39, 0.29) is 17.7 Å². The topological polar surface area (TPSA) is 33.1 Å². The zero-order valence-electron chi connectivity index (χ0n) is 7.30. The van der Waals surface area contributed by atoms with Gasteiger partial charge in [-0.3, -0.25) is 0 Å². The number of hydrogen-bond donors (Lipinski definition) is 1. The van der Waals surface area contributed by atoms with Gasteiger partial charge in [-0.15, -0.1) is 0 Å². The van der Waals surface area contributed by atoms with Crippen molar-refractivity contribution in [1.82, 2.24) is 4.98 Å². The summed E-state index contributed by atoms with van der Waals surface area (Å²) in [5.41, 5.74) is 0.753. The van der Waals surface area contributed by atoms with E-state index >= 15 is 0 Å². The molecule has 1 N–H and O–H groups in total. The quantitative estimate of drug-likeness (QED) is 0.763. The molecule has 0 radical (unpaired) electrons. The van der Waals surface area contributed by atoms with Crippen LogP contribution in [0.3, 0.4) is 0 Å². The second kappa shape index (κ2) is 4.53. The number of aliphatic hydroxyl groups is 1. The van der Waals surface area contributed by atoms with Crippen molar-refractivity contribution in [2.45, 2.75) is 13.3 Å². The van der Waals surface area contributed by atoms with E-state index in [0.29, 0.717) is 6.42 Å². The fourth-order valence-corrected chi connectivity index (χ4v) is 1.14. The molecule has 0 bridgehead atoms. The lowest BCUT2D eigenvalue weighted by molar-refractivity contribution is 0.237. The SMILES string of the molecule is C[C@@H](CO)Cc1cnc(Cl)c(F)c1. The van der Waals surface area contributed by atoms with Crippen molar-refractivity contribution in [3.05, 3.63) is 28.8 Å². The van der Waals surface area contributed by atoms with Crippen LogP contribution in [0.1, 0.15) is 12.5 Å². The van der Waals surface area contributed by atoms with Gasteiger partial charge in [-0.1, -0.05) is 18.5 Å². The molecular weight excluding hydrogens is 193 g/mol. The molecule has 0 aliphatic rings. The van der Waals surface area contributed by atoms with Crippen LogP contribution in [0.5, 0.6) is 0 Å². The zero-order chi connectivity index (χ0) is 9.84. The first kappa shape index (κ1) is 10.4. The summed E-state index contributed by atoms with van der Waals surface area (Å²) in [6, 6.07) is 1.35. The van der Waals surface area contributed by atoms with Crippen molar-refractivity contribution in [3.8, 4) is 0 Å². The Morgan fingerprint density at radius 1 is 1.69 bits per heavy atom. The van der Waals surface area contributed by atoms with Crippen LogP contribution < -0.4 is 0 Å². The number of aromatic nitrogens is 1. The summed E-state index contributed by atoms with van der Waals surface area (Å²) in [6.45, 7) is 1.97. The summed E-state index contributed by atoms with van der Waals surface area (Å²) in [6.07, 6.45) is 2.13.